The predicted molar refractivity (Wildman–Crippen MR) is 76.4 cm³/mol. The molecule has 4 heteroatoms. The van der Waals surface area contributed by atoms with Crippen LogP contribution in [0.25, 0.3) is 0 Å². The van der Waals surface area contributed by atoms with E-state index in [1.165, 1.54) is 0 Å². The van der Waals surface area contributed by atoms with E-state index in [4.69, 9.17) is 4.74 Å². The molecule has 1 aromatic carbocycles. The SMILES string of the molecule is CC1CN(c2ccc(Br)cc2C=O)CC(C)(C)O1. The largest absolute Gasteiger partial charge is 0.369 e. The summed E-state index contributed by atoms with van der Waals surface area (Å²) in [6.45, 7) is 7.82. The van der Waals surface area contributed by atoms with E-state index in [-0.39, 0.29) is 11.7 Å². The van der Waals surface area contributed by atoms with E-state index >= 15 is 0 Å². The smallest absolute Gasteiger partial charge is 0.152 e. The van der Waals surface area contributed by atoms with Crippen molar-refractivity contribution >= 4 is 27.9 Å². The van der Waals surface area contributed by atoms with Crippen LogP contribution in [-0.2, 0) is 4.74 Å². The second kappa shape index (κ2) is 5.02. The summed E-state index contributed by atoms with van der Waals surface area (Å²) in [5, 5.41) is 0. The minimum atomic E-state index is -0.190. The number of morpholine rings is 1. The Hall–Kier alpha value is -0.870. The third-order valence-corrected chi connectivity index (χ3v) is 3.52. The van der Waals surface area contributed by atoms with Crippen LogP contribution in [0.2, 0.25) is 0 Å². The predicted octanol–water partition coefficient (Wildman–Crippen LogP) is 3.27. The van der Waals surface area contributed by atoms with Crippen molar-refractivity contribution in [2.75, 3.05) is 18.0 Å². The van der Waals surface area contributed by atoms with E-state index in [9.17, 15) is 4.79 Å². The molecule has 1 saturated heterocycles. The molecule has 0 spiro atoms. The molecule has 98 valence electrons. The van der Waals surface area contributed by atoms with Gasteiger partial charge in [-0.2, -0.15) is 0 Å². The summed E-state index contributed by atoms with van der Waals surface area (Å²) < 4.78 is 6.81. The summed E-state index contributed by atoms with van der Waals surface area (Å²) in [6.07, 6.45) is 1.07. The molecular weight excluding hydrogens is 294 g/mol. The van der Waals surface area contributed by atoms with Gasteiger partial charge in [-0.05, 0) is 39.0 Å². The number of anilines is 1. The van der Waals surface area contributed by atoms with Crippen LogP contribution in [0.1, 0.15) is 31.1 Å². The van der Waals surface area contributed by atoms with Gasteiger partial charge in [0, 0.05) is 28.8 Å². The summed E-state index contributed by atoms with van der Waals surface area (Å²) in [6, 6.07) is 5.81. The number of carbonyl (C=O) groups excluding carboxylic acids is 1. The Balaban J connectivity index is 2.33. The van der Waals surface area contributed by atoms with E-state index in [2.05, 4.69) is 41.6 Å². The van der Waals surface area contributed by atoms with Crippen LogP contribution >= 0.6 is 15.9 Å². The average Bonchev–Trinajstić information content (AvgIpc) is 2.25. The highest BCUT2D eigenvalue weighted by atomic mass is 79.9. The quantitative estimate of drug-likeness (QED) is 0.785. The van der Waals surface area contributed by atoms with Crippen molar-refractivity contribution in [3.8, 4) is 0 Å². The van der Waals surface area contributed by atoms with Crippen molar-refractivity contribution in [3.63, 3.8) is 0 Å². The van der Waals surface area contributed by atoms with Gasteiger partial charge in [0.25, 0.3) is 0 Å². The summed E-state index contributed by atoms with van der Waals surface area (Å²) in [4.78, 5) is 13.4. The third kappa shape index (κ3) is 2.93. The van der Waals surface area contributed by atoms with Gasteiger partial charge in [0.1, 0.15) is 0 Å². The molecule has 1 unspecified atom stereocenters. The highest BCUT2D eigenvalue weighted by molar-refractivity contribution is 9.10. The molecule has 0 saturated carbocycles. The second-order valence-corrected chi connectivity index (χ2v) is 6.31. The molecule has 0 bridgehead atoms. The van der Waals surface area contributed by atoms with Crippen molar-refractivity contribution in [2.24, 2.45) is 0 Å². The van der Waals surface area contributed by atoms with E-state index < -0.39 is 0 Å². The minimum absolute atomic E-state index is 0.164. The van der Waals surface area contributed by atoms with Crippen molar-refractivity contribution in [1.29, 1.82) is 0 Å². The first-order chi connectivity index (χ1) is 8.41. The van der Waals surface area contributed by atoms with Gasteiger partial charge in [0.15, 0.2) is 6.29 Å². The number of hydrogen-bond donors (Lipinski definition) is 0. The van der Waals surface area contributed by atoms with Crippen molar-refractivity contribution in [1.82, 2.24) is 0 Å². The summed E-state index contributed by atoms with van der Waals surface area (Å²) in [5.41, 5.74) is 1.51. The first-order valence-electron chi connectivity index (χ1n) is 6.09. The fraction of sp³-hybridized carbons (Fsp3) is 0.500. The van der Waals surface area contributed by atoms with E-state index in [0.29, 0.717) is 5.56 Å². The van der Waals surface area contributed by atoms with Crippen LogP contribution in [0.15, 0.2) is 22.7 Å². The standard InChI is InChI=1S/C14H18BrNO2/c1-10-7-16(9-14(2,3)18-10)13-5-4-12(15)6-11(13)8-17/h4-6,8,10H,7,9H2,1-3H3. The lowest BCUT2D eigenvalue weighted by Crippen LogP contribution is -2.52. The molecular formula is C14H18BrNO2. The molecule has 1 fully saturated rings. The van der Waals surface area contributed by atoms with Crippen molar-refractivity contribution in [3.05, 3.63) is 28.2 Å². The highest BCUT2D eigenvalue weighted by Crippen LogP contribution is 2.29. The topological polar surface area (TPSA) is 29.5 Å². The molecule has 1 atom stereocenters. The zero-order chi connectivity index (χ0) is 13.3. The van der Waals surface area contributed by atoms with Crippen LogP contribution in [-0.4, -0.2) is 31.1 Å². The minimum Gasteiger partial charge on any atom is -0.369 e. The normalized spacial score (nSPS) is 22.9. The Morgan fingerprint density at radius 2 is 2.22 bits per heavy atom. The fourth-order valence-corrected chi connectivity index (χ4v) is 2.92. The first-order valence-corrected chi connectivity index (χ1v) is 6.88. The van der Waals surface area contributed by atoms with Gasteiger partial charge >= 0.3 is 0 Å². The van der Waals surface area contributed by atoms with Crippen LogP contribution < -0.4 is 4.90 Å². The van der Waals surface area contributed by atoms with Gasteiger partial charge in [0.05, 0.1) is 11.7 Å². The number of nitrogens with zero attached hydrogens (tertiary/aromatic N) is 1. The molecule has 2 rings (SSSR count). The van der Waals surface area contributed by atoms with E-state index in [1.807, 2.05) is 18.2 Å². The lowest BCUT2D eigenvalue weighted by molar-refractivity contribution is -0.0749. The fourth-order valence-electron chi connectivity index (χ4n) is 2.54. The van der Waals surface area contributed by atoms with Gasteiger partial charge < -0.3 is 9.64 Å². The monoisotopic (exact) mass is 311 g/mol. The molecule has 0 amide bonds. The van der Waals surface area contributed by atoms with Crippen molar-refractivity contribution < 1.29 is 9.53 Å². The van der Waals surface area contributed by atoms with Crippen LogP contribution in [0.5, 0.6) is 0 Å². The molecule has 1 aliphatic heterocycles. The second-order valence-electron chi connectivity index (χ2n) is 5.39. The van der Waals surface area contributed by atoms with Crippen LogP contribution in [0.4, 0.5) is 5.69 Å². The zero-order valence-corrected chi connectivity index (χ0v) is 12.5. The molecule has 18 heavy (non-hydrogen) atoms. The number of hydrogen-bond acceptors (Lipinski definition) is 3. The number of halogens is 1. The van der Waals surface area contributed by atoms with Gasteiger partial charge in [-0.15, -0.1) is 0 Å². The molecule has 1 aliphatic rings. The number of aldehydes is 1. The van der Waals surface area contributed by atoms with E-state index in [1.54, 1.807) is 0 Å². The molecule has 3 nitrogen and oxygen atoms in total. The Morgan fingerprint density at radius 3 is 2.83 bits per heavy atom. The Morgan fingerprint density at radius 1 is 1.50 bits per heavy atom. The van der Waals surface area contributed by atoms with Gasteiger partial charge in [-0.3, -0.25) is 4.79 Å². The maximum absolute atomic E-state index is 11.2. The molecule has 0 radical (unpaired) electrons. The highest BCUT2D eigenvalue weighted by Gasteiger charge is 2.32. The first kappa shape index (κ1) is 13.6. The summed E-state index contributed by atoms with van der Waals surface area (Å²) in [7, 11) is 0. The molecule has 1 aromatic rings. The van der Waals surface area contributed by atoms with Gasteiger partial charge in [0.2, 0.25) is 0 Å². The van der Waals surface area contributed by atoms with Gasteiger partial charge in [-0.25, -0.2) is 0 Å². The number of benzene rings is 1. The number of rotatable bonds is 2. The molecule has 1 heterocycles. The Bertz CT molecular complexity index is 459. The molecule has 0 N–H and O–H groups in total. The Labute approximate surface area is 116 Å². The lowest BCUT2D eigenvalue weighted by Gasteiger charge is -2.43. The zero-order valence-electron chi connectivity index (χ0n) is 10.9. The molecule has 0 aliphatic carbocycles. The maximum Gasteiger partial charge on any atom is 0.152 e. The summed E-state index contributed by atoms with van der Waals surface area (Å²) in [5.74, 6) is 0. The molecule has 0 aromatic heterocycles. The van der Waals surface area contributed by atoms with E-state index in [0.717, 1.165) is 29.5 Å². The lowest BCUT2D eigenvalue weighted by atomic mass is 10.0. The van der Waals surface area contributed by atoms with Crippen molar-refractivity contribution in [2.45, 2.75) is 32.5 Å². The third-order valence-electron chi connectivity index (χ3n) is 3.03. The Kier molecular flexibility index (Phi) is 3.78. The van der Waals surface area contributed by atoms with Gasteiger partial charge in [-0.1, -0.05) is 15.9 Å². The summed E-state index contributed by atoms with van der Waals surface area (Å²) >= 11 is 3.39. The van der Waals surface area contributed by atoms with Crippen LogP contribution in [0, 0.1) is 0 Å². The average molecular weight is 312 g/mol. The number of carbonyl (C=O) groups is 1. The van der Waals surface area contributed by atoms with Crippen LogP contribution in [0.3, 0.4) is 0 Å². The number of ether oxygens (including phenoxy) is 1. The maximum atomic E-state index is 11.2.